The van der Waals surface area contributed by atoms with Crippen LogP contribution in [0, 0.1) is 0 Å². The molecule has 1 heterocycles. The molecule has 0 aromatic heterocycles. The summed E-state index contributed by atoms with van der Waals surface area (Å²) in [6.07, 6.45) is 0. The maximum Gasteiger partial charge on any atom is 0.321 e. The first-order valence-electron chi connectivity index (χ1n) is 7.96. The van der Waals surface area contributed by atoms with Crippen molar-refractivity contribution in [1.29, 1.82) is 0 Å². The zero-order chi connectivity index (χ0) is 17.8. The minimum absolute atomic E-state index is 0.149. The minimum Gasteiger partial charge on any atom is -0.497 e. The van der Waals surface area contributed by atoms with Gasteiger partial charge in [0.1, 0.15) is 5.75 Å². The smallest absolute Gasteiger partial charge is 0.321 e. The van der Waals surface area contributed by atoms with E-state index in [9.17, 15) is 4.79 Å². The van der Waals surface area contributed by atoms with E-state index in [1.165, 1.54) is 0 Å². The standard InChI is InChI=1S/C18H19Cl2N3O2/c1-25-17-4-2-3-16(12-17)22-5-7-23(8-6-22)18(24)21-15-10-13(19)9-14(20)11-15/h2-4,9-12H,5-8H2,1H3,(H,21,24). The third kappa shape index (κ3) is 4.50. The summed E-state index contributed by atoms with van der Waals surface area (Å²) in [5.41, 5.74) is 1.69. The Bertz CT molecular complexity index is 741. The molecule has 0 bridgehead atoms. The fourth-order valence-electron chi connectivity index (χ4n) is 2.80. The Balaban J connectivity index is 1.58. The molecule has 1 fully saturated rings. The third-order valence-electron chi connectivity index (χ3n) is 4.10. The number of urea groups is 1. The van der Waals surface area contributed by atoms with Crippen molar-refractivity contribution in [2.24, 2.45) is 0 Å². The summed E-state index contributed by atoms with van der Waals surface area (Å²) in [5, 5.41) is 3.83. The number of hydrogen-bond acceptors (Lipinski definition) is 3. The number of nitrogens with one attached hydrogen (secondary N) is 1. The van der Waals surface area contributed by atoms with Crippen LogP contribution >= 0.6 is 23.2 Å². The van der Waals surface area contributed by atoms with Gasteiger partial charge in [-0.3, -0.25) is 0 Å². The quantitative estimate of drug-likeness (QED) is 0.861. The second-order valence-corrected chi connectivity index (χ2v) is 6.64. The fourth-order valence-corrected chi connectivity index (χ4v) is 3.33. The lowest BCUT2D eigenvalue weighted by Crippen LogP contribution is -2.50. The number of piperazine rings is 1. The Morgan fingerprint density at radius 2 is 1.72 bits per heavy atom. The van der Waals surface area contributed by atoms with Crippen LogP contribution in [0.3, 0.4) is 0 Å². The van der Waals surface area contributed by atoms with E-state index in [0.29, 0.717) is 28.8 Å². The number of benzene rings is 2. The van der Waals surface area contributed by atoms with Gasteiger partial charge in [-0.05, 0) is 30.3 Å². The van der Waals surface area contributed by atoms with Gasteiger partial charge >= 0.3 is 6.03 Å². The number of ether oxygens (including phenoxy) is 1. The van der Waals surface area contributed by atoms with Crippen LogP contribution in [0.25, 0.3) is 0 Å². The molecule has 0 saturated carbocycles. The van der Waals surface area contributed by atoms with Crippen LogP contribution in [-0.4, -0.2) is 44.2 Å². The van der Waals surface area contributed by atoms with Crippen molar-refractivity contribution in [1.82, 2.24) is 4.90 Å². The Morgan fingerprint density at radius 1 is 1.04 bits per heavy atom. The summed E-state index contributed by atoms with van der Waals surface area (Å²) in [6, 6.07) is 12.8. The molecule has 132 valence electrons. The summed E-state index contributed by atoms with van der Waals surface area (Å²) in [5.74, 6) is 0.829. The minimum atomic E-state index is -0.149. The number of carbonyl (C=O) groups is 1. The van der Waals surface area contributed by atoms with E-state index in [1.54, 1.807) is 30.2 Å². The Morgan fingerprint density at radius 3 is 2.36 bits per heavy atom. The van der Waals surface area contributed by atoms with Gasteiger partial charge in [0.2, 0.25) is 0 Å². The first-order chi connectivity index (χ1) is 12.0. The van der Waals surface area contributed by atoms with Crippen LogP contribution in [0.4, 0.5) is 16.2 Å². The summed E-state index contributed by atoms with van der Waals surface area (Å²) in [6.45, 7) is 2.79. The highest BCUT2D eigenvalue weighted by atomic mass is 35.5. The average Bonchev–Trinajstić information content (AvgIpc) is 2.61. The Kier molecular flexibility index (Phi) is 5.56. The van der Waals surface area contributed by atoms with E-state index < -0.39 is 0 Å². The second kappa shape index (κ2) is 7.85. The molecule has 5 nitrogen and oxygen atoms in total. The lowest BCUT2D eigenvalue weighted by molar-refractivity contribution is 0.208. The molecular weight excluding hydrogens is 361 g/mol. The Labute approximate surface area is 157 Å². The van der Waals surface area contributed by atoms with Crippen LogP contribution in [0.2, 0.25) is 10.0 Å². The van der Waals surface area contributed by atoms with Gasteiger partial charge in [-0.2, -0.15) is 0 Å². The summed E-state index contributed by atoms with van der Waals surface area (Å²) >= 11 is 11.9. The van der Waals surface area contributed by atoms with E-state index in [1.807, 2.05) is 24.3 Å². The largest absolute Gasteiger partial charge is 0.497 e. The molecular formula is C18H19Cl2N3O2. The molecule has 0 spiro atoms. The van der Waals surface area contributed by atoms with Crippen molar-refractivity contribution >= 4 is 40.6 Å². The first kappa shape index (κ1) is 17.7. The molecule has 2 aromatic carbocycles. The molecule has 3 rings (SSSR count). The van der Waals surface area contributed by atoms with Gasteiger partial charge < -0.3 is 19.9 Å². The molecule has 25 heavy (non-hydrogen) atoms. The number of methoxy groups -OCH3 is 1. The molecule has 7 heteroatoms. The normalized spacial score (nSPS) is 14.4. The van der Waals surface area contributed by atoms with Crippen molar-refractivity contribution in [2.45, 2.75) is 0 Å². The number of hydrogen-bond donors (Lipinski definition) is 1. The highest BCUT2D eigenvalue weighted by Crippen LogP contribution is 2.24. The molecule has 0 aliphatic carbocycles. The van der Waals surface area contributed by atoms with Crippen LogP contribution < -0.4 is 15.0 Å². The van der Waals surface area contributed by atoms with Gasteiger partial charge in [-0.15, -0.1) is 0 Å². The van der Waals surface area contributed by atoms with Crippen molar-refractivity contribution in [2.75, 3.05) is 43.5 Å². The van der Waals surface area contributed by atoms with Crippen molar-refractivity contribution in [3.05, 3.63) is 52.5 Å². The van der Waals surface area contributed by atoms with Crippen LogP contribution in [0.15, 0.2) is 42.5 Å². The maximum absolute atomic E-state index is 12.4. The number of anilines is 2. The van der Waals surface area contributed by atoms with E-state index in [0.717, 1.165) is 24.5 Å². The SMILES string of the molecule is COc1cccc(N2CCN(C(=O)Nc3cc(Cl)cc(Cl)c3)CC2)c1. The molecule has 0 unspecified atom stereocenters. The van der Waals surface area contributed by atoms with Crippen molar-refractivity contribution < 1.29 is 9.53 Å². The van der Waals surface area contributed by atoms with Crippen molar-refractivity contribution in [3.63, 3.8) is 0 Å². The topological polar surface area (TPSA) is 44.8 Å². The van der Waals surface area contributed by atoms with Gasteiger partial charge in [-0.1, -0.05) is 29.3 Å². The number of nitrogens with zero attached hydrogens (tertiary/aromatic N) is 2. The number of halogens is 2. The molecule has 1 saturated heterocycles. The zero-order valence-corrected chi connectivity index (χ0v) is 15.3. The highest BCUT2D eigenvalue weighted by molar-refractivity contribution is 6.35. The number of amides is 2. The monoisotopic (exact) mass is 379 g/mol. The third-order valence-corrected chi connectivity index (χ3v) is 4.54. The van der Waals surface area contributed by atoms with Gasteiger partial charge in [0.05, 0.1) is 7.11 Å². The van der Waals surface area contributed by atoms with E-state index in [4.69, 9.17) is 27.9 Å². The number of carbonyl (C=O) groups excluding carboxylic acids is 1. The molecule has 2 amide bonds. The molecule has 1 aliphatic heterocycles. The average molecular weight is 380 g/mol. The maximum atomic E-state index is 12.4. The summed E-state index contributed by atoms with van der Waals surface area (Å²) in [7, 11) is 1.66. The highest BCUT2D eigenvalue weighted by Gasteiger charge is 2.21. The number of rotatable bonds is 3. The summed E-state index contributed by atoms with van der Waals surface area (Å²) < 4.78 is 5.27. The van der Waals surface area contributed by atoms with Gasteiger partial charge in [0.15, 0.2) is 0 Å². The van der Waals surface area contributed by atoms with Crippen LogP contribution in [-0.2, 0) is 0 Å². The van der Waals surface area contributed by atoms with Gasteiger partial charge in [0.25, 0.3) is 0 Å². The van der Waals surface area contributed by atoms with Crippen molar-refractivity contribution in [3.8, 4) is 5.75 Å². The predicted molar refractivity (Wildman–Crippen MR) is 102 cm³/mol. The predicted octanol–water partition coefficient (Wildman–Crippen LogP) is 4.36. The molecule has 0 atom stereocenters. The lowest BCUT2D eigenvalue weighted by atomic mass is 10.2. The fraction of sp³-hybridized carbons (Fsp3) is 0.278. The van der Waals surface area contributed by atoms with E-state index in [2.05, 4.69) is 10.2 Å². The molecule has 2 aromatic rings. The molecule has 0 radical (unpaired) electrons. The molecule has 1 N–H and O–H groups in total. The van der Waals surface area contributed by atoms with Crippen LogP contribution in [0.5, 0.6) is 5.75 Å². The van der Waals surface area contributed by atoms with Gasteiger partial charge in [0, 0.05) is 53.7 Å². The van der Waals surface area contributed by atoms with E-state index in [-0.39, 0.29) is 6.03 Å². The first-order valence-corrected chi connectivity index (χ1v) is 8.72. The van der Waals surface area contributed by atoms with Crippen LogP contribution in [0.1, 0.15) is 0 Å². The second-order valence-electron chi connectivity index (χ2n) is 5.76. The zero-order valence-electron chi connectivity index (χ0n) is 13.8. The Hall–Kier alpha value is -2.11. The lowest BCUT2D eigenvalue weighted by Gasteiger charge is -2.36. The van der Waals surface area contributed by atoms with Gasteiger partial charge in [-0.25, -0.2) is 4.79 Å². The summed E-state index contributed by atoms with van der Waals surface area (Å²) in [4.78, 5) is 16.4. The molecule has 1 aliphatic rings. The van der Waals surface area contributed by atoms with E-state index >= 15 is 0 Å².